The Bertz CT molecular complexity index is 1130. The van der Waals surface area contributed by atoms with Crippen LogP contribution in [0, 0.1) is 5.92 Å². The SMILES string of the molecule is CN1CCC(C(=O)Nc2ccc3c(n2)CC=C3c2ccc3c(c2)C(C)(C)CNC3=O)CC1. The molecule has 1 saturated heterocycles. The van der Waals surface area contributed by atoms with Crippen LogP contribution in [0.15, 0.2) is 36.4 Å². The lowest BCUT2D eigenvalue weighted by Crippen LogP contribution is -2.43. The number of piperidine rings is 1. The smallest absolute Gasteiger partial charge is 0.251 e. The number of amides is 2. The van der Waals surface area contributed by atoms with Crippen molar-refractivity contribution in [1.82, 2.24) is 15.2 Å². The topological polar surface area (TPSA) is 74.3 Å². The molecule has 0 bridgehead atoms. The first-order chi connectivity index (χ1) is 15.3. The predicted molar refractivity (Wildman–Crippen MR) is 126 cm³/mol. The molecule has 32 heavy (non-hydrogen) atoms. The molecule has 2 aromatic rings. The third-order valence-electron chi connectivity index (χ3n) is 7.10. The number of carbonyl (C=O) groups excluding carboxylic acids is 2. The van der Waals surface area contributed by atoms with Gasteiger partial charge in [-0.15, -0.1) is 0 Å². The Morgan fingerprint density at radius 2 is 1.91 bits per heavy atom. The summed E-state index contributed by atoms with van der Waals surface area (Å²) in [6.07, 6.45) is 4.72. The standard InChI is InChI=1S/C26H30N4O2/c1-26(2)15-27-25(32)20-5-4-17(14-21(20)26)18-6-8-22-19(18)7-9-23(28-22)29-24(31)16-10-12-30(3)13-11-16/h4-7,9,14,16H,8,10-13,15H2,1-3H3,(H,27,32)(H,28,29,31). The van der Waals surface area contributed by atoms with Crippen LogP contribution in [0.1, 0.15) is 59.4 Å². The third-order valence-corrected chi connectivity index (χ3v) is 7.10. The maximum Gasteiger partial charge on any atom is 0.251 e. The van der Waals surface area contributed by atoms with Gasteiger partial charge in [0.25, 0.3) is 5.91 Å². The lowest BCUT2D eigenvalue weighted by Gasteiger charge is -2.33. The van der Waals surface area contributed by atoms with E-state index in [1.807, 2.05) is 18.2 Å². The van der Waals surface area contributed by atoms with Gasteiger partial charge in [-0.3, -0.25) is 9.59 Å². The maximum atomic E-state index is 12.7. The van der Waals surface area contributed by atoms with Gasteiger partial charge < -0.3 is 15.5 Å². The van der Waals surface area contributed by atoms with Crippen LogP contribution in [-0.2, 0) is 16.6 Å². The number of anilines is 1. The van der Waals surface area contributed by atoms with Gasteiger partial charge in [0.2, 0.25) is 5.91 Å². The van der Waals surface area contributed by atoms with Crippen molar-refractivity contribution in [2.45, 2.75) is 38.5 Å². The minimum Gasteiger partial charge on any atom is -0.351 e. The summed E-state index contributed by atoms with van der Waals surface area (Å²) in [4.78, 5) is 32.0. The van der Waals surface area contributed by atoms with E-state index in [1.54, 1.807) is 0 Å². The lowest BCUT2D eigenvalue weighted by atomic mass is 9.77. The van der Waals surface area contributed by atoms with Crippen LogP contribution in [-0.4, -0.2) is 48.4 Å². The quantitative estimate of drug-likeness (QED) is 0.783. The van der Waals surface area contributed by atoms with E-state index in [2.05, 4.69) is 54.6 Å². The first-order valence-corrected chi connectivity index (χ1v) is 11.4. The summed E-state index contributed by atoms with van der Waals surface area (Å²) in [6, 6.07) is 10.1. The van der Waals surface area contributed by atoms with E-state index in [4.69, 9.17) is 4.98 Å². The molecule has 2 aliphatic heterocycles. The second-order valence-electron chi connectivity index (χ2n) is 9.91. The molecule has 2 N–H and O–H groups in total. The molecule has 0 unspecified atom stereocenters. The summed E-state index contributed by atoms with van der Waals surface area (Å²) in [6.45, 7) is 6.88. The number of nitrogens with one attached hydrogen (secondary N) is 2. The average Bonchev–Trinajstić information content (AvgIpc) is 3.20. The van der Waals surface area contributed by atoms with E-state index in [1.165, 1.54) is 0 Å². The molecule has 1 aromatic carbocycles. The molecule has 0 radical (unpaired) electrons. The van der Waals surface area contributed by atoms with Gasteiger partial charge in [0.15, 0.2) is 0 Å². The number of nitrogens with zero attached hydrogens (tertiary/aromatic N) is 2. The molecule has 3 heterocycles. The third kappa shape index (κ3) is 3.73. The van der Waals surface area contributed by atoms with E-state index >= 15 is 0 Å². The number of benzene rings is 1. The molecule has 0 atom stereocenters. The molecular weight excluding hydrogens is 400 g/mol. The fraction of sp³-hybridized carbons (Fsp3) is 0.423. The fourth-order valence-electron chi connectivity index (χ4n) is 5.01. The predicted octanol–water partition coefficient (Wildman–Crippen LogP) is 3.37. The van der Waals surface area contributed by atoms with Crippen molar-refractivity contribution in [3.8, 4) is 0 Å². The van der Waals surface area contributed by atoms with Crippen LogP contribution in [0.2, 0.25) is 0 Å². The van der Waals surface area contributed by atoms with Crippen molar-refractivity contribution in [3.63, 3.8) is 0 Å². The molecule has 0 spiro atoms. The van der Waals surface area contributed by atoms with Gasteiger partial charge >= 0.3 is 0 Å². The second-order valence-corrected chi connectivity index (χ2v) is 9.91. The number of likely N-dealkylation sites (tertiary alicyclic amines) is 1. The van der Waals surface area contributed by atoms with Crippen LogP contribution >= 0.6 is 0 Å². The molecule has 3 aliphatic rings. The highest BCUT2D eigenvalue weighted by Gasteiger charge is 2.32. The highest BCUT2D eigenvalue weighted by Crippen LogP contribution is 2.37. The Labute approximate surface area is 189 Å². The van der Waals surface area contributed by atoms with Gasteiger partial charge in [0.1, 0.15) is 5.82 Å². The van der Waals surface area contributed by atoms with Gasteiger partial charge in [-0.1, -0.05) is 26.0 Å². The number of hydrogen-bond donors (Lipinski definition) is 2. The van der Waals surface area contributed by atoms with Crippen molar-refractivity contribution >= 4 is 23.2 Å². The second kappa shape index (κ2) is 7.85. The number of rotatable bonds is 3. The number of fused-ring (bicyclic) bond motifs is 2. The molecule has 6 heteroatoms. The number of pyridine rings is 1. The zero-order chi connectivity index (χ0) is 22.5. The lowest BCUT2D eigenvalue weighted by molar-refractivity contribution is -0.121. The largest absolute Gasteiger partial charge is 0.351 e. The highest BCUT2D eigenvalue weighted by molar-refractivity contribution is 5.98. The van der Waals surface area contributed by atoms with Crippen LogP contribution in [0.3, 0.4) is 0 Å². The maximum absolute atomic E-state index is 12.7. The van der Waals surface area contributed by atoms with E-state index in [0.29, 0.717) is 12.4 Å². The molecule has 1 aromatic heterocycles. The normalized spacial score (nSPS) is 20.2. The molecular formula is C26H30N4O2. The number of aromatic nitrogens is 1. The van der Waals surface area contributed by atoms with Crippen molar-refractivity contribution in [2.75, 3.05) is 32.0 Å². The van der Waals surface area contributed by atoms with Gasteiger partial charge in [-0.25, -0.2) is 4.98 Å². The Morgan fingerprint density at radius 3 is 2.69 bits per heavy atom. The summed E-state index contributed by atoms with van der Waals surface area (Å²) in [7, 11) is 2.10. The first kappa shape index (κ1) is 20.9. The van der Waals surface area contributed by atoms with E-state index in [9.17, 15) is 9.59 Å². The van der Waals surface area contributed by atoms with Gasteiger partial charge in [-0.05, 0) is 73.9 Å². The van der Waals surface area contributed by atoms with Crippen molar-refractivity contribution in [1.29, 1.82) is 0 Å². The molecule has 166 valence electrons. The molecule has 0 saturated carbocycles. The van der Waals surface area contributed by atoms with Crippen molar-refractivity contribution in [2.24, 2.45) is 5.92 Å². The average molecular weight is 431 g/mol. The molecule has 1 fully saturated rings. The van der Waals surface area contributed by atoms with E-state index in [0.717, 1.165) is 65.9 Å². The first-order valence-electron chi connectivity index (χ1n) is 11.4. The summed E-state index contributed by atoms with van der Waals surface area (Å²) >= 11 is 0. The summed E-state index contributed by atoms with van der Waals surface area (Å²) in [5, 5.41) is 6.01. The molecule has 5 rings (SSSR count). The van der Waals surface area contributed by atoms with Crippen LogP contribution < -0.4 is 10.6 Å². The zero-order valence-electron chi connectivity index (χ0n) is 19.0. The van der Waals surface area contributed by atoms with Crippen LogP contribution in [0.25, 0.3) is 5.57 Å². The summed E-state index contributed by atoms with van der Waals surface area (Å²) < 4.78 is 0. The molecule has 2 amide bonds. The zero-order valence-corrected chi connectivity index (χ0v) is 19.0. The van der Waals surface area contributed by atoms with Crippen LogP contribution in [0.5, 0.6) is 0 Å². The Hall–Kier alpha value is -2.99. The summed E-state index contributed by atoms with van der Waals surface area (Å²) in [5.74, 6) is 0.766. The van der Waals surface area contributed by atoms with Crippen molar-refractivity contribution in [3.05, 3.63) is 64.4 Å². The Balaban J connectivity index is 1.36. The minimum atomic E-state index is -0.110. The Kier molecular flexibility index (Phi) is 5.13. The van der Waals surface area contributed by atoms with E-state index < -0.39 is 0 Å². The molecule has 1 aliphatic carbocycles. The Morgan fingerprint density at radius 1 is 1.16 bits per heavy atom. The minimum absolute atomic E-state index is 0.00154. The van der Waals surface area contributed by atoms with Crippen molar-refractivity contribution < 1.29 is 9.59 Å². The number of hydrogen-bond acceptors (Lipinski definition) is 4. The monoisotopic (exact) mass is 430 g/mol. The number of carbonyl (C=O) groups is 2. The van der Waals surface area contributed by atoms with E-state index in [-0.39, 0.29) is 23.1 Å². The fourth-order valence-corrected chi connectivity index (χ4v) is 5.01. The summed E-state index contributed by atoms with van der Waals surface area (Å²) in [5.41, 5.74) is 6.07. The van der Waals surface area contributed by atoms with Gasteiger partial charge in [-0.2, -0.15) is 0 Å². The van der Waals surface area contributed by atoms with Gasteiger partial charge in [0, 0.05) is 35.4 Å². The molecule has 6 nitrogen and oxygen atoms in total. The van der Waals surface area contributed by atoms with Crippen LogP contribution in [0.4, 0.5) is 5.82 Å². The van der Waals surface area contributed by atoms with Gasteiger partial charge in [0.05, 0.1) is 5.69 Å². The highest BCUT2D eigenvalue weighted by atomic mass is 16.2. The number of allylic oxidation sites excluding steroid dienone is 1.